The predicted octanol–water partition coefficient (Wildman–Crippen LogP) is 11.7. The Balaban J connectivity index is 0.000000238. The summed E-state index contributed by atoms with van der Waals surface area (Å²) >= 11 is 0. The van der Waals surface area contributed by atoms with Gasteiger partial charge in [-0.2, -0.15) is 0 Å². The summed E-state index contributed by atoms with van der Waals surface area (Å²) in [5, 5.41) is 2.84. The van der Waals surface area contributed by atoms with Crippen molar-refractivity contribution in [2.45, 2.75) is 40.4 Å². The van der Waals surface area contributed by atoms with E-state index < -0.39 is 19.7 Å². The first-order valence-corrected chi connectivity index (χ1v) is 21.6. The fourth-order valence-corrected chi connectivity index (χ4v) is 8.31. The molecule has 5 nitrogen and oxygen atoms in total. The smallest absolute Gasteiger partial charge is 0.216 e. The largest absolute Gasteiger partial charge is 0.486 e. The minimum atomic E-state index is -1.23. The normalized spacial score (nSPS) is 11.4. The van der Waals surface area contributed by atoms with Crippen molar-refractivity contribution in [1.29, 1.82) is 0 Å². The second-order valence-electron chi connectivity index (χ2n) is 14.9. The van der Waals surface area contributed by atoms with Crippen molar-refractivity contribution in [3.05, 3.63) is 162 Å². The molecule has 0 spiro atoms. The third-order valence-electron chi connectivity index (χ3n) is 9.77. The van der Waals surface area contributed by atoms with Crippen LogP contribution in [0.5, 0.6) is 0 Å². The van der Waals surface area contributed by atoms with Crippen LogP contribution in [-0.2, 0) is 20.1 Å². The molecule has 4 aromatic heterocycles. The Kier molecular flexibility index (Phi) is 10.7. The first-order valence-electron chi connectivity index (χ1n) is 18.1. The topological polar surface area (TPSA) is 56.7 Å². The standard InChI is InChI=1S/C33H22F2N3O.C14H16NSi.Ir/c1-18-13-19(2)30(20(3)14-18)38-28-10-5-4-9-27(28)37-32(38)26-8-6-7-25-29-24(11-12-36-33(29)39-31(25)26)21-15-22(34)17-23(35)16-21;1-16(2,3)13-9-10-14(15-11-13)12-7-5-4-6-8-12;/h4-7,9-17H,1-3H3;4-7,9-11H,1-3H3;/q2*-1;. The SMILES string of the molecule is C[Si](C)(C)c1ccc(-c2[c-]cccc2)nc1.Cc1cc(C)c(-n2c(-c3[c-]ccc4c3oc3nccc(-c5cc(F)cc(F)c5)c34)nc3ccccc32)c(C)c1.[Ir]. The number of aryl methyl sites for hydroxylation is 3. The Morgan fingerprint density at radius 2 is 1.48 bits per heavy atom. The molecular formula is C47H38F2IrN4OSi-2. The van der Waals surface area contributed by atoms with E-state index in [1.165, 1.54) is 22.9 Å². The van der Waals surface area contributed by atoms with E-state index in [2.05, 4.69) is 97.4 Å². The summed E-state index contributed by atoms with van der Waals surface area (Å²) in [6.45, 7) is 13.3. The van der Waals surface area contributed by atoms with Gasteiger partial charge in [0.2, 0.25) is 5.71 Å². The molecule has 4 heterocycles. The van der Waals surface area contributed by atoms with Gasteiger partial charge in [0.15, 0.2) is 0 Å². The van der Waals surface area contributed by atoms with Gasteiger partial charge in [0.1, 0.15) is 11.6 Å². The third kappa shape index (κ3) is 7.38. The van der Waals surface area contributed by atoms with Gasteiger partial charge in [0.25, 0.3) is 0 Å². The zero-order valence-electron chi connectivity index (χ0n) is 31.8. The first kappa shape index (κ1) is 38.7. The molecule has 0 unspecified atom stereocenters. The molecule has 0 saturated carbocycles. The number of nitrogens with zero attached hydrogens (tertiary/aromatic N) is 4. The molecule has 1 radical (unpaired) electrons. The molecule has 5 aromatic carbocycles. The predicted molar refractivity (Wildman–Crippen MR) is 221 cm³/mol. The van der Waals surface area contributed by atoms with Crippen LogP contribution in [0.4, 0.5) is 8.78 Å². The maximum atomic E-state index is 14.1. The molecule has 0 amide bonds. The summed E-state index contributed by atoms with van der Waals surface area (Å²) in [6, 6.07) is 40.1. The number of para-hydroxylation sites is 2. The minimum absolute atomic E-state index is 0. The van der Waals surface area contributed by atoms with Gasteiger partial charge in [-0.3, -0.25) is 4.98 Å². The van der Waals surface area contributed by atoms with Gasteiger partial charge >= 0.3 is 0 Å². The molecule has 281 valence electrons. The van der Waals surface area contributed by atoms with Crippen LogP contribution < -0.4 is 5.19 Å². The van der Waals surface area contributed by atoms with Crippen molar-refractivity contribution in [3.63, 3.8) is 0 Å². The maximum absolute atomic E-state index is 14.1. The van der Waals surface area contributed by atoms with E-state index >= 15 is 0 Å². The van der Waals surface area contributed by atoms with Crippen molar-refractivity contribution in [1.82, 2.24) is 19.5 Å². The van der Waals surface area contributed by atoms with E-state index in [-0.39, 0.29) is 20.1 Å². The van der Waals surface area contributed by atoms with Crippen LogP contribution in [0.25, 0.3) is 72.6 Å². The Hall–Kier alpha value is -5.60. The van der Waals surface area contributed by atoms with E-state index in [0.717, 1.165) is 50.6 Å². The van der Waals surface area contributed by atoms with Crippen LogP contribution in [0.15, 0.2) is 126 Å². The number of furan rings is 1. The summed E-state index contributed by atoms with van der Waals surface area (Å²) in [6.07, 6.45) is 3.60. The molecular weight excluding hydrogens is 895 g/mol. The molecule has 56 heavy (non-hydrogen) atoms. The summed E-state index contributed by atoms with van der Waals surface area (Å²) in [7, 11) is -1.23. The van der Waals surface area contributed by atoms with Gasteiger partial charge < -0.3 is 14.0 Å². The van der Waals surface area contributed by atoms with Crippen LogP contribution in [0, 0.1) is 44.5 Å². The van der Waals surface area contributed by atoms with E-state index in [9.17, 15) is 8.78 Å². The van der Waals surface area contributed by atoms with Gasteiger partial charge in [-0.15, -0.1) is 54.1 Å². The second-order valence-corrected chi connectivity index (χ2v) is 19.9. The number of pyridine rings is 2. The Morgan fingerprint density at radius 1 is 0.750 bits per heavy atom. The number of halogens is 2. The van der Waals surface area contributed by atoms with Crippen molar-refractivity contribution >= 4 is 46.4 Å². The number of imidazole rings is 1. The van der Waals surface area contributed by atoms with Crippen LogP contribution >= 0.6 is 0 Å². The number of benzene rings is 5. The fourth-order valence-electron chi connectivity index (χ4n) is 7.27. The van der Waals surface area contributed by atoms with Crippen LogP contribution in [-0.4, -0.2) is 27.6 Å². The van der Waals surface area contributed by atoms with Gasteiger partial charge in [0.05, 0.1) is 30.5 Å². The number of aromatic nitrogens is 4. The molecule has 0 atom stereocenters. The summed E-state index contributed by atoms with van der Waals surface area (Å²) in [5.41, 5.74) is 11.0. The number of hydrogen-bond donors (Lipinski definition) is 0. The Bertz CT molecular complexity index is 2820. The maximum Gasteiger partial charge on any atom is 0.216 e. The van der Waals surface area contributed by atoms with E-state index in [1.807, 2.05) is 60.8 Å². The van der Waals surface area contributed by atoms with Crippen molar-refractivity contribution in [2.24, 2.45) is 0 Å². The van der Waals surface area contributed by atoms with Gasteiger partial charge in [-0.05, 0) is 84.2 Å². The summed E-state index contributed by atoms with van der Waals surface area (Å²) in [4.78, 5) is 14.0. The number of hydrogen-bond acceptors (Lipinski definition) is 4. The average molecular weight is 933 g/mol. The van der Waals surface area contributed by atoms with E-state index in [4.69, 9.17) is 9.40 Å². The Morgan fingerprint density at radius 3 is 2.16 bits per heavy atom. The molecule has 0 saturated heterocycles. The third-order valence-corrected chi connectivity index (χ3v) is 11.8. The molecule has 0 aliphatic heterocycles. The molecule has 9 rings (SSSR count). The van der Waals surface area contributed by atoms with E-state index in [0.29, 0.717) is 39.2 Å². The molecule has 9 heteroatoms. The zero-order valence-corrected chi connectivity index (χ0v) is 35.2. The van der Waals surface area contributed by atoms with Crippen LogP contribution in [0.3, 0.4) is 0 Å². The summed E-state index contributed by atoms with van der Waals surface area (Å²) in [5.74, 6) is -0.599. The molecule has 9 aromatic rings. The monoisotopic (exact) mass is 933 g/mol. The van der Waals surface area contributed by atoms with Gasteiger partial charge in [0, 0.05) is 49.6 Å². The van der Waals surface area contributed by atoms with Crippen molar-refractivity contribution in [3.8, 4) is 39.5 Å². The molecule has 0 bridgehead atoms. The molecule has 0 aliphatic rings. The molecule has 0 aliphatic carbocycles. The average Bonchev–Trinajstić information content (AvgIpc) is 3.73. The molecule has 0 N–H and O–H groups in total. The van der Waals surface area contributed by atoms with Crippen LogP contribution in [0.2, 0.25) is 19.6 Å². The molecule has 0 fully saturated rings. The minimum Gasteiger partial charge on any atom is -0.486 e. The number of rotatable bonds is 5. The van der Waals surface area contributed by atoms with Gasteiger partial charge in [-0.1, -0.05) is 72.6 Å². The second kappa shape index (κ2) is 15.5. The zero-order chi connectivity index (χ0) is 38.4. The van der Waals surface area contributed by atoms with Crippen LogP contribution in [0.1, 0.15) is 16.7 Å². The summed E-state index contributed by atoms with van der Waals surface area (Å²) < 4.78 is 36.8. The fraction of sp³-hybridized carbons (Fsp3) is 0.128. The van der Waals surface area contributed by atoms with E-state index in [1.54, 1.807) is 12.3 Å². The first-order chi connectivity index (χ1) is 26.5. The van der Waals surface area contributed by atoms with Crippen molar-refractivity contribution < 1.29 is 33.3 Å². The quantitative estimate of drug-likeness (QED) is 0.127. The number of fused-ring (bicyclic) bond motifs is 4. The Labute approximate surface area is 339 Å². The van der Waals surface area contributed by atoms with Crippen molar-refractivity contribution in [2.75, 3.05) is 0 Å². The van der Waals surface area contributed by atoms with Gasteiger partial charge in [-0.25, -0.2) is 13.8 Å².